The number of hydrogen-bond acceptors (Lipinski definition) is 18. The summed E-state index contributed by atoms with van der Waals surface area (Å²) in [6, 6.07) is 69.9. The minimum Gasteiger partial charge on any atom is -0.743 e. The Morgan fingerprint density at radius 3 is 0.807 bits per heavy atom. The van der Waals surface area contributed by atoms with Crippen molar-refractivity contribution in [3.05, 3.63) is 252 Å². The van der Waals surface area contributed by atoms with Gasteiger partial charge in [0.25, 0.3) is 0 Å². The highest BCUT2D eigenvalue weighted by Crippen LogP contribution is 2.48. The number of benzene rings is 9. The fourth-order valence-corrected chi connectivity index (χ4v) is 24.2. The zero-order chi connectivity index (χ0) is 104. The molecule has 3 aliphatic heterocycles. The van der Waals surface area contributed by atoms with Gasteiger partial charge in [0, 0.05) is 33.9 Å². The van der Waals surface area contributed by atoms with Crippen molar-refractivity contribution in [2.24, 2.45) is 22.7 Å². The van der Waals surface area contributed by atoms with Crippen LogP contribution in [0.1, 0.15) is 263 Å². The van der Waals surface area contributed by atoms with E-state index in [2.05, 4.69) is 239 Å². The molecule has 9 aromatic rings. The van der Waals surface area contributed by atoms with Gasteiger partial charge in [0.1, 0.15) is 17.2 Å². The van der Waals surface area contributed by atoms with E-state index in [0.717, 1.165) is 152 Å². The van der Waals surface area contributed by atoms with E-state index < -0.39 is 114 Å². The minimum atomic E-state index is -5.89. The predicted molar refractivity (Wildman–Crippen MR) is 538 cm³/mol. The molecule has 0 amide bonds. The maximum Gasteiger partial charge on any atom is 0.369 e. The molecule has 18 nitrogen and oxygen atoms in total. The highest BCUT2D eigenvalue weighted by molar-refractivity contribution is 7.97. The first-order valence-electron chi connectivity index (χ1n) is 48.1. The van der Waals surface area contributed by atoms with Gasteiger partial charge in [0.05, 0.1) is 71.3 Å². The summed E-state index contributed by atoms with van der Waals surface area (Å²) < 4.78 is 238. The van der Waals surface area contributed by atoms with Gasteiger partial charge in [0.2, 0.25) is 0 Å². The lowest BCUT2D eigenvalue weighted by Gasteiger charge is -2.45. The van der Waals surface area contributed by atoms with Crippen molar-refractivity contribution >= 4 is 63.0 Å². The van der Waals surface area contributed by atoms with E-state index in [0.29, 0.717) is 38.3 Å². The predicted octanol–water partition coefficient (Wildman–Crippen LogP) is 27.0. The molecule has 0 radical (unpaired) electrons. The average Bonchev–Trinajstić information content (AvgIpc) is 0.776. The van der Waals surface area contributed by atoms with Crippen LogP contribution >= 0.6 is 0 Å². The van der Waals surface area contributed by atoms with Gasteiger partial charge in [0.15, 0.2) is 110 Å². The van der Waals surface area contributed by atoms with E-state index in [1.807, 2.05) is 45.0 Å². The third-order valence-corrected chi connectivity index (χ3v) is 35.7. The third kappa shape index (κ3) is 28.8. The van der Waals surface area contributed by atoms with Crippen LogP contribution in [0.25, 0.3) is 0 Å². The molecule has 0 spiro atoms. The van der Waals surface area contributed by atoms with Gasteiger partial charge in [-0.05, 0) is 313 Å². The molecule has 30 heteroatoms. The molecule has 8 atom stereocenters. The third-order valence-electron chi connectivity index (χ3n) is 26.1. The molecule has 12 rings (SSSR count). The van der Waals surface area contributed by atoms with E-state index in [1.54, 1.807) is 36.4 Å². The molecule has 3 aliphatic rings. The standard InChI is InChI=1S/C40H54F2O6S2.C36H46F2O6S2.C34H42F2O6S2/c1-27(2)10-16-33-26-34(17-11-28(3)4)48-39(9,47-33)31-14-22-36(23-15-31)49(35-20-12-30(13-21-35)38(6,7)8)37-24-18-32(19-25-37)46-29(5)40(41,42)50(43,44)45;1-8-10-23-35(9-2)24-42-34(7,43-25-35)28-13-19-31(20-14-28)45(30-17-11-27(12-18-30)33(4,5)6)32-21-15-29(16-22-32)44-26(3)36(37,38)46(39,40)41;1-8-21-32(6)22-40-33(7,41-23-32)26-11-17-29(18-12-26)43(28-15-9-25(10-16-28)31(3,4)5)30-19-13-27(14-20-30)42-24(2)34(35,36)44(37,38)39/h12-15,18-25,27-29,33-34H,10-11,16-17,26H2,1-9H3;11-22,26H,8-10,23-25H2,1-7H3;9-20,24H,8,21-23H2,1-7H3. The highest BCUT2D eigenvalue weighted by atomic mass is 32.2. The summed E-state index contributed by atoms with van der Waals surface area (Å²) in [5.74, 6) is -1.32. The van der Waals surface area contributed by atoms with Gasteiger partial charge in [-0.15, -0.1) is 0 Å². The van der Waals surface area contributed by atoms with Crippen LogP contribution in [0.3, 0.4) is 0 Å². The molecule has 0 N–H and O–H groups in total. The first kappa shape index (κ1) is 114. The second kappa shape index (κ2) is 46.1. The first-order valence-corrected chi connectivity index (χ1v) is 56.0. The molecule has 0 saturated carbocycles. The minimum absolute atomic E-state index is 0.00724. The van der Waals surface area contributed by atoms with Crippen molar-refractivity contribution < 1.29 is 108 Å². The summed E-state index contributed by atoms with van der Waals surface area (Å²) in [4.78, 5) is 8.99. The lowest BCUT2D eigenvalue weighted by atomic mass is 9.80. The lowest BCUT2D eigenvalue weighted by molar-refractivity contribution is -0.320. The summed E-state index contributed by atoms with van der Waals surface area (Å²) in [6.07, 6.45) is 5.27. The normalized spacial score (nSPS) is 22.2. The van der Waals surface area contributed by atoms with Crippen LogP contribution in [0, 0.1) is 22.7 Å². The van der Waals surface area contributed by atoms with Gasteiger partial charge in [-0.2, -0.15) is 26.3 Å². The average molecular weight is 2060 g/mol. The number of unbranched alkanes of at least 4 members (excludes halogenated alkanes) is 1. The van der Waals surface area contributed by atoms with Crippen LogP contribution in [0.15, 0.2) is 262 Å². The number of alkyl halides is 6. The molecule has 8 unspecified atom stereocenters. The van der Waals surface area contributed by atoms with Crippen molar-refractivity contribution in [3.8, 4) is 17.2 Å². The van der Waals surface area contributed by atoms with Gasteiger partial charge < -0.3 is 56.3 Å². The number of ether oxygens (including phenoxy) is 9. The Balaban J connectivity index is 0.000000217. The van der Waals surface area contributed by atoms with Crippen molar-refractivity contribution in [2.75, 3.05) is 26.4 Å². The van der Waals surface area contributed by atoms with Crippen molar-refractivity contribution in [1.29, 1.82) is 0 Å². The fourth-order valence-electron chi connectivity index (χ4n) is 16.7. The van der Waals surface area contributed by atoms with E-state index in [-0.39, 0.29) is 56.5 Å². The fraction of sp³-hybridized carbons (Fsp3) is 0.509. The second-order valence-electron chi connectivity index (χ2n) is 41.7. The zero-order valence-corrected chi connectivity index (χ0v) is 89.9. The maximum atomic E-state index is 14.1. The largest absolute Gasteiger partial charge is 0.743 e. The summed E-state index contributed by atoms with van der Waals surface area (Å²) in [5.41, 5.74) is 6.35. The quantitative estimate of drug-likeness (QED) is 0.0201. The second-order valence-corrected chi connectivity index (χ2v) is 52.2. The smallest absolute Gasteiger partial charge is 0.369 e. The molecule has 140 heavy (non-hydrogen) atoms. The van der Waals surface area contributed by atoms with Crippen LogP contribution in [-0.4, -0.2) is 112 Å². The Labute approximate surface area is 836 Å². The topological polar surface area (TPSA) is 255 Å². The summed E-state index contributed by atoms with van der Waals surface area (Å²) in [5, 5.41) is -13.7. The Kier molecular flexibility index (Phi) is 37.6. The summed E-state index contributed by atoms with van der Waals surface area (Å²) in [7, 11) is -19.4. The monoisotopic (exact) mass is 2060 g/mol. The molecule has 0 aromatic heterocycles. The molecule has 3 fully saturated rings. The Morgan fingerprint density at radius 1 is 0.350 bits per heavy atom. The van der Waals surface area contributed by atoms with Gasteiger partial charge in [-0.25, -0.2) is 25.3 Å². The van der Waals surface area contributed by atoms with Crippen LogP contribution < -0.4 is 14.2 Å². The Hall–Kier alpha value is -7.50. The molecule has 3 heterocycles. The molecular weight excluding hydrogens is 1920 g/mol. The van der Waals surface area contributed by atoms with E-state index in [1.165, 1.54) is 53.1 Å². The summed E-state index contributed by atoms with van der Waals surface area (Å²) in [6.45, 7) is 48.2. The van der Waals surface area contributed by atoms with E-state index in [4.69, 9.17) is 42.6 Å². The van der Waals surface area contributed by atoms with Crippen LogP contribution in [-0.2, 0) is 125 Å². The number of rotatable bonds is 36. The lowest BCUT2D eigenvalue weighted by Crippen LogP contribution is -2.46. The SMILES string of the molecule is CC(C)CCC1CC(CCC(C)C)OC(C)(c2ccc([S+](c3ccc(OC(C)C(F)(F)S(=O)(=O)[O-])cc3)c3ccc(C(C)(C)C)cc3)cc2)O1.CCCC1(C)COC(C)(c2ccc([S+](c3ccc(OC(C)C(F)(F)S(=O)(=O)[O-])cc3)c3ccc(C(C)(C)C)cc3)cc2)OC1.CCCCC1(CC)COC(C)(c2ccc([S+](c3ccc(OC(C)C(F)(F)S(=O)(=O)[O-])cc3)c3ccc(C(C)(C)C)cc3)cc2)OC1. The number of halogens is 6. The van der Waals surface area contributed by atoms with Gasteiger partial charge in [-0.3, -0.25) is 0 Å². The zero-order valence-electron chi connectivity index (χ0n) is 85.0. The van der Waals surface area contributed by atoms with Crippen molar-refractivity contribution in [2.45, 2.75) is 354 Å². The number of hydrogen-bond donors (Lipinski definition) is 0. The molecule has 0 bridgehead atoms. The molecular formula is C110H142F6O18S6. The molecule has 9 aromatic carbocycles. The van der Waals surface area contributed by atoms with Crippen molar-refractivity contribution in [3.63, 3.8) is 0 Å². The first-order chi connectivity index (χ1) is 65.0. The maximum absolute atomic E-state index is 14.1. The van der Waals surface area contributed by atoms with Crippen LogP contribution in [0.5, 0.6) is 17.2 Å². The van der Waals surface area contributed by atoms with Crippen LogP contribution in [0.2, 0.25) is 0 Å². The molecule has 3 saturated heterocycles. The molecule has 0 aliphatic carbocycles. The van der Waals surface area contributed by atoms with E-state index >= 15 is 0 Å². The highest BCUT2D eigenvalue weighted by Gasteiger charge is 2.51. The van der Waals surface area contributed by atoms with Gasteiger partial charge in [-0.1, -0.05) is 173 Å². The Bertz CT molecular complexity index is 5810. The molecule has 768 valence electrons. The van der Waals surface area contributed by atoms with Gasteiger partial charge >= 0.3 is 15.8 Å². The Morgan fingerprint density at radius 2 is 0.586 bits per heavy atom. The van der Waals surface area contributed by atoms with Crippen LogP contribution in [0.4, 0.5) is 26.3 Å². The van der Waals surface area contributed by atoms with E-state index in [9.17, 15) is 65.3 Å². The van der Waals surface area contributed by atoms with Crippen molar-refractivity contribution in [1.82, 2.24) is 0 Å². The summed E-state index contributed by atoms with van der Waals surface area (Å²) >= 11 is 0.